The summed E-state index contributed by atoms with van der Waals surface area (Å²) in [6, 6.07) is 21.3. The molecule has 35 heavy (non-hydrogen) atoms. The summed E-state index contributed by atoms with van der Waals surface area (Å²) < 4.78 is 1.56. The second kappa shape index (κ2) is 9.40. The van der Waals surface area contributed by atoms with Crippen LogP contribution in [-0.2, 0) is 13.0 Å². The van der Waals surface area contributed by atoms with E-state index in [1.165, 1.54) is 17.3 Å². The molecule has 1 aromatic heterocycles. The molecule has 1 aliphatic rings. The standard InChI is InChI=1S/C28H24N4O2S/c1-18-13-19(2)15-23(14-18)32-27(34)24-8-7-21(16-25(24)30-28(32)35-12-10-29)26(33)31-11-9-20-5-3-4-6-22(20)17-31/h3-8,13-16H,9,11-12,17H2,1-2H3. The average Bonchev–Trinajstić information content (AvgIpc) is 2.85. The van der Waals surface area contributed by atoms with Gasteiger partial charge >= 0.3 is 0 Å². The van der Waals surface area contributed by atoms with Gasteiger partial charge in [0.05, 0.1) is 28.4 Å². The van der Waals surface area contributed by atoms with Crippen LogP contribution < -0.4 is 5.56 Å². The molecule has 174 valence electrons. The van der Waals surface area contributed by atoms with Crippen LogP contribution in [0.1, 0.15) is 32.6 Å². The van der Waals surface area contributed by atoms with Gasteiger partial charge in [-0.3, -0.25) is 14.2 Å². The third-order valence-electron chi connectivity index (χ3n) is 6.23. The van der Waals surface area contributed by atoms with Crippen LogP contribution in [0.4, 0.5) is 0 Å². The molecule has 0 N–H and O–H groups in total. The number of hydrogen-bond donors (Lipinski definition) is 0. The second-order valence-electron chi connectivity index (χ2n) is 8.80. The number of hydrogen-bond acceptors (Lipinski definition) is 5. The van der Waals surface area contributed by atoms with E-state index in [2.05, 4.69) is 18.2 Å². The molecule has 0 fully saturated rings. The minimum absolute atomic E-state index is 0.0760. The number of nitrogens with zero attached hydrogens (tertiary/aromatic N) is 4. The number of amides is 1. The van der Waals surface area contributed by atoms with Gasteiger partial charge in [-0.2, -0.15) is 5.26 Å². The van der Waals surface area contributed by atoms with Crippen LogP contribution in [0.15, 0.2) is 70.6 Å². The van der Waals surface area contributed by atoms with Crippen LogP contribution in [0.3, 0.4) is 0 Å². The first-order valence-electron chi connectivity index (χ1n) is 11.5. The Morgan fingerprint density at radius 2 is 1.80 bits per heavy atom. The van der Waals surface area contributed by atoms with E-state index in [0.29, 0.717) is 34.7 Å². The fourth-order valence-electron chi connectivity index (χ4n) is 4.65. The van der Waals surface area contributed by atoms with Gasteiger partial charge in [0.25, 0.3) is 11.5 Å². The molecule has 0 bridgehead atoms. The van der Waals surface area contributed by atoms with Crippen LogP contribution in [0.2, 0.25) is 0 Å². The van der Waals surface area contributed by atoms with Gasteiger partial charge in [0.15, 0.2) is 5.16 Å². The molecule has 0 saturated carbocycles. The van der Waals surface area contributed by atoms with Gasteiger partial charge in [0.2, 0.25) is 0 Å². The lowest BCUT2D eigenvalue weighted by Gasteiger charge is -2.29. The smallest absolute Gasteiger partial charge is 0.266 e. The Bertz CT molecular complexity index is 1550. The molecule has 7 heteroatoms. The maximum atomic E-state index is 13.6. The van der Waals surface area contributed by atoms with Crippen LogP contribution in [0.5, 0.6) is 0 Å². The van der Waals surface area contributed by atoms with Gasteiger partial charge in [-0.05, 0) is 72.9 Å². The third-order valence-corrected chi connectivity index (χ3v) is 7.04. The molecule has 6 nitrogen and oxygen atoms in total. The quantitative estimate of drug-likeness (QED) is 0.309. The van der Waals surface area contributed by atoms with E-state index in [1.54, 1.807) is 22.8 Å². The van der Waals surface area contributed by atoms with Crippen molar-refractivity contribution < 1.29 is 4.79 Å². The highest BCUT2D eigenvalue weighted by atomic mass is 32.2. The largest absolute Gasteiger partial charge is 0.334 e. The molecule has 2 heterocycles. The lowest BCUT2D eigenvalue weighted by Crippen LogP contribution is -2.36. The van der Waals surface area contributed by atoms with Crippen LogP contribution in [-0.4, -0.2) is 32.7 Å². The summed E-state index contributed by atoms with van der Waals surface area (Å²) in [6.45, 7) is 5.18. The maximum Gasteiger partial charge on any atom is 0.266 e. The van der Waals surface area contributed by atoms with Crippen molar-refractivity contribution in [2.75, 3.05) is 12.3 Å². The first kappa shape index (κ1) is 22.9. The molecule has 0 spiro atoms. The number of benzene rings is 3. The lowest BCUT2D eigenvalue weighted by atomic mass is 9.99. The van der Waals surface area contributed by atoms with E-state index >= 15 is 0 Å². The molecule has 0 radical (unpaired) electrons. The summed E-state index contributed by atoms with van der Waals surface area (Å²) in [5, 5.41) is 10.0. The first-order valence-corrected chi connectivity index (χ1v) is 12.4. The Labute approximate surface area is 207 Å². The molecule has 0 aliphatic carbocycles. The van der Waals surface area contributed by atoms with Crippen molar-refractivity contribution >= 4 is 28.6 Å². The molecule has 0 atom stereocenters. The highest BCUT2D eigenvalue weighted by Gasteiger charge is 2.23. The van der Waals surface area contributed by atoms with Crippen molar-refractivity contribution in [3.8, 4) is 11.8 Å². The van der Waals surface area contributed by atoms with Crippen molar-refractivity contribution in [3.05, 3.63) is 98.8 Å². The van der Waals surface area contributed by atoms with Crippen LogP contribution in [0, 0.1) is 25.2 Å². The van der Waals surface area contributed by atoms with Crippen molar-refractivity contribution in [2.45, 2.75) is 32.0 Å². The molecule has 4 aromatic rings. The Morgan fingerprint density at radius 3 is 2.54 bits per heavy atom. The van der Waals surface area contributed by atoms with Gasteiger partial charge in [-0.25, -0.2) is 4.98 Å². The van der Waals surface area contributed by atoms with Gasteiger partial charge < -0.3 is 4.90 Å². The average molecular weight is 481 g/mol. The van der Waals surface area contributed by atoms with E-state index in [4.69, 9.17) is 10.2 Å². The van der Waals surface area contributed by atoms with E-state index in [-0.39, 0.29) is 17.2 Å². The molecule has 0 saturated heterocycles. The molecule has 0 unspecified atom stereocenters. The number of rotatable bonds is 4. The van der Waals surface area contributed by atoms with Crippen LogP contribution in [0.25, 0.3) is 16.6 Å². The summed E-state index contributed by atoms with van der Waals surface area (Å²) in [5.41, 5.74) is 5.98. The predicted molar refractivity (Wildman–Crippen MR) is 138 cm³/mol. The Morgan fingerprint density at radius 1 is 1.06 bits per heavy atom. The Kier molecular flexibility index (Phi) is 6.14. The second-order valence-corrected chi connectivity index (χ2v) is 9.75. The van der Waals surface area contributed by atoms with Crippen molar-refractivity contribution in [1.29, 1.82) is 5.26 Å². The fraction of sp³-hybridized carbons (Fsp3) is 0.214. The maximum absolute atomic E-state index is 13.6. The predicted octanol–water partition coefficient (Wildman–Crippen LogP) is 4.82. The highest BCUT2D eigenvalue weighted by Crippen LogP contribution is 2.25. The minimum atomic E-state index is -0.216. The SMILES string of the molecule is Cc1cc(C)cc(-n2c(SCC#N)nc3cc(C(=O)N4CCc5ccccc5C4)ccc3c2=O)c1. The monoisotopic (exact) mass is 480 g/mol. The van der Waals surface area contributed by atoms with E-state index < -0.39 is 0 Å². The molecule has 1 aliphatic heterocycles. The zero-order valence-electron chi connectivity index (χ0n) is 19.6. The van der Waals surface area contributed by atoms with Crippen LogP contribution >= 0.6 is 11.8 Å². The molecular formula is C28H24N4O2S. The molecule has 3 aromatic carbocycles. The number of carbonyl (C=O) groups is 1. The normalized spacial score (nSPS) is 12.9. The Hall–Kier alpha value is -3.89. The minimum Gasteiger partial charge on any atom is -0.334 e. The number of nitriles is 1. The van der Waals surface area contributed by atoms with E-state index in [9.17, 15) is 9.59 Å². The number of carbonyl (C=O) groups excluding carboxylic acids is 1. The highest BCUT2D eigenvalue weighted by molar-refractivity contribution is 7.99. The van der Waals surface area contributed by atoms with Crippen molar-refractivity contribution in [3.63, 3.8) is 0 Å². The van der Waals surface area contributed by atoms with E-state index in [0.717, 1.165) is 28.8 Å². The number of thioether (sulfide) groups is 1. The topological polar surface area (TPSA) is 79.0 Å². The van der Waals surface area contributed by atoms with Gasteiger partial charge in [-0.15, -0.1) is 0 Å². The van der Waals surface area contributed by atoms with E-state index in [1.807, 2.05) is 49.1 Å². The number of aromatic nitrogens is 2. The summed E-state index contributed by atoms with van der Waals surface area (Å²) >= 11 is 1.21. The van der Waals surface area contributed by atoms with Crippen molar-refractivity contribution in [1.82, 2.24) is 14.5 Å². The third kappa shape index (κ3) is 4.45. The lowest BCUT2D eigenvalue weighted by molar-refractivity contribution is 0.0735. The zero-order chi connectivity index (χ0) is 24.5. The van der Waals surface area contributed by atoms with Crippen molar-refractivity contribution in [2.24, 2.45) is 0 Å². The molecule has 5 rings (SSSR count). The zero-order valence-corrected chi connectivity index (χ0v) is 20.4. The summed E-state index contributed by atoms with van der Waals surface area (Å²) in [5.74, 6) is 0.0853. The van der Waals surface area contributed by atoms with Gasteiger partial charge in [-0.1, -0.05) is 42.1 Å². The number of fused-ring (bicyclic) bond motifs is 2. The fourth-order valence-corrected chi connectivity index (χ4v) is 5.33. The molecular weight excluding hydrogens is 456 g/mol. The summed E-state index contributed by atoms with van der Waals surface area (Å²) in [4.78, 5) is 33.5. The van der Waals surface area contributed by atoms with Gasteiger partial charge in [0, 0.05) is 18.7 Å². The van der Waals surface area contributed by atoms with Gasteiger partial charge in [0.1, 0.15) is 0 Å². The summed E-state index contributed by atoms with van der Waals surface area (Å²) in [6.07, 6.45) is 0.823. The summed E-state index contributed by atoms with van der Waals surface area (Å²) in [7, 11) is 0. The first-order chi connectivity index (χ1) is 16.9. The number of aryl methyl sites for hydroxylation is 2. The Balaban J connectivity index is 1.57. The molecule has 1 amide bonds.